The Kier molecular flexibility index (Phi) is 7.07. The molecule has 6 heteroatoms. The molecule has 2 rings (SSSR count). The van der Waals surface area contributed by atoms with Gasteiger partial charge in [-0.3, -0.25) is 4.90 Å². The summed E-state index contributed by atoms with van der Waals surface area (Å²) in [4.78, 5) is 6.97. The van der Waals surface area contributed by atoms with E-state index in [1.807, 2.05) is 18.2 Å². The van der Waals surface area contributed by atoms with Gasteiger partial charge in [0.05, 0.1) is 0 Å². The van der Waals surface area contributed by atoms with Gasteiger partial charge in [0.1, 0.15) is 0 Å². The van der Waals surface area contributed by atoms with E-state index in [1.165, 1.54) is 5.56 Å². The lowest BCUT2D eigenvalue weighted by atomic mass is 9.96. The smallest absolute Gasteiger partial charge is 0.175 e. The van der Waals surface area contributed by atoms with Crippen LogP contribution in [-0.2, 0) is 11.2 Å². The standard InChI is InChI=1S/C18H27N3OS2/c1-5-19-16(23)21-12-18(2,3)13-24-17(21)20-15(22-4)11-14-9-7-6-8-10-14/h6-10,15H,5,11-13H2,1-4H3,(H,19,23). The highest BCUT2D eigenvalue weighted by atomic mass is 32.2. The van der Waals surface area contributed by atoms with Gasteiger partial charge in [-0.15, -0.1) is 0 Å². The molecule has 1 aliphatic rings. The fourth-order valence-electron chi connectivity index (χ4n) is 2.51. The molecule has 0 saturated carbocycles. The van der Waals surface area contributed by atoms with Crippen LogP contribution in [0.25, 0.3) is 0 Å². The molecule has 0 aliphatic carbocycles. The Labute approximate surface area is 155 Å². The van der Waals surface area contributed by atoms with Crippen LogP contribution >= 0.6 is 24.0 Å². The van der Waals surface area contributed by atoms with Crippen molar-refractivity contribution >= 4 is 34.3 Å². The SMILES string of the molecule is CCNC(=S)N1CC(C)(C)CSC1=NC(Cc1ccccc1)OC. The Morgan fingerprint density at radius 3 is 2.75 bits per heavy atom. The predicted molar refractivity (Wildman–Crippen MR) is 108 cm³/mol. The van der Waals surface area contributed by atoms with Crippen molar-refractivity contribution in [3.63, 3.8) is 0 Å². The lowest BCUT2D eigenvalue weighted by Gasteiger charge is -2.39. The third-order valence-electron chi connectivity index (χ3n) is 3.76. The number of methoxy groups -OCH3 is 1. The summed E-state index contributed by atoms with van der Waals surface area (Å²) in [6.45, 7) is 8.25. The quantitative estimate of drug-likeness (QED) is 0.808. The van der Waals surface area contributed by atoms with Crippen molar-refractivity contribution in [1.82, 2.24) is 10.2 Å². The monoisotopic (exact) mass is 365 g/mol. The molecule has 24 heavy (non-hydrogen) atoms. The molecule has 1 heterocycles. The number of hydrogen-bond donors (Lipinski definition) is 1. The van der Waals surface area contributed by atoms with Gasteiger partial charge >= 0.3 is 0 Å². The maximum atomic E-state index is 5.61. The van der Waals surface area contributed by atoms with E-state index in [9.17, 15) is 0 Å². The van der Waals surface area contributed by atoms with E-state index in [1.54, 1.807) is 18.9 Å². The number of ether oxygens (including phenoxy) is 1. The number of amidine groups is 1. The van der Waals surface area contributed by atoms with Gasteiger partial charge in [0.25, 0.3) is 0 Å². The van der Waals surface area contributed by atoms with Crippen LogP contribution in [0.5, 0.6) is 0 Å². The molecule has 1 saturated heterocycles. The first-order chi connectivity index (χ1) is 11.4. The van der Waals surface area contributed by atoms with Crippen LogP contribution in [0.4, 0.5) is 0 Å². The Morgan fingerprint density at radius 2 is 2.12 bits per heavy atom. The first-order valence-corrected chi connectivity index (χ1v) is 9.67. The molecule has 1 aromatic rings. The van der Waals surface area contributed by atoms with Crippen molar-refractivity contribution in [3.05, 3.63) is 35.9 Å². The normalized spacial score (nSPS) is 20.0. The molecule has 0 radical (unpaired) electrons. The Morgan fingerprint density at radius 1 is 1.42 bits per heavy atom. The van der Waals surface area contributed by atoms with Crippen LogP contribution in [-0.4, -0.2) is 47.4 Å². The zero-order valence-corrected chi connectivity index (χ0v) is 16.5. The number of rotatable bonds is 5. The van der Waals surface area contributed by atoms with Crippen LogP contribution in [0.2, 0.25) is 0 Å². The van der Waals surface area contributed by atoms with Crippen LogP contribution in [0.15, 0.2) is 35.3 Å². The summed E-state index contributed by atoms with van der Waals surface area (Å²) < 4.78 is 5.61. The van der Waals surface area contributed by atoms with E-state index in [2.05, 4.69) is 43.1 Å². The number of nitrogens with zero attached hydrogens (tertiary/aromatic N) is 2. The summed E-state index contributed by atoms with van der Waals surface area (Å²) in [5, 5.41) is 4.94. The van der Waals surface area contributed by atoms with Crippen molar-refractivity contribution in [1.29, 1.82) is 0 Å². The third-order valence-corrected chi connectivity index (χ3v) is 5.64. The first kappa shape index (κ1) is 19.2. The molecule has 4 nitrogen and oxygen atoms in total. The predicted octanol–water partition coefficient (Wildman–Crippen LogP) is 3.53. The Hall–Kier alpha value is -1.11. The van der Waals surface area contributed by atoms with Crippen molar-refractivity contribution in [2.75, 3.05) is 26.0 Å². The number of aliphatic imine (C=N–C) groups is 1. The van der Waals surface area contributed by atoms with Gasteiger partial charge in [-0.1, -0.05) is 55.9 Å². The average molecular weight is 366 g/mol. The fourth-order valence-corrected chi connectivity index (χ4v) is 3.98. The molecule has 0 bridgehead atoms. The van der Waals surface area contributed by atoms with Gasteiger partial charge in [0, 0.05) is 32.4 Å². The summed E-state index contributed by atoms with van der Waals surface area (Å²) in [6.07, 6.45) is 0.551. The van der Waals surface area contributed by atoms with E-state index < -0.39 is 0 Å². The lowest BCUT2D eigenvalue weighted by Crippen LogP contribution is -2.51. The van der Waals surface area contributed by atoms with E-state index in [0.29, 0.717) is 0 Å². The molecular weight excluding hydrogens is 338 g/mol. The summed E-state index contributed by atoms with van der Waals surface area (Å²) in [6, 6.07) is 10.3. The molecule has 1 aliphatic heterocycles. The minimum absolute atomic E-state index is 0.200. The molecule has 0 aromatic heterocycles. The third kappa shape index (κ3) is 5.46. The van der Waals surface area contributed by atoms with Gasteiger partial charge in [0.2, 0.25) is 0 Å². The molecule has 1 aromatic carbocycles. The van der Waals surface area contributed by atoms with Crippen molar-refractivity contribution < 1.29 is 4.74 Å². The summed E-state index contributed by atoms with van der Waals surface area (Å²) in [5.41, 5.74) is 1.42. The summed E-state index contributed by atoms with van der Waals surface area (Å²) in [5.74, 6) is 1.03. The largest absolute Gasteiger partial charge is 0.363 e. The molecule has 1 N–H and O–H groups in total. The van der Waals surface area contributed by atoms with Crippen LogP contribution in [0.3, 0.4) is 0 Å². The Bertz CT molecular complexity index is 575. The van der Waals surface area contributed by atoms with Crippen LogP contribution in [0.1, 0.15) is 26.3 Å². The van der Waals surface area contributed by atoms with Gasteiger partial charge in [-0.25, -0.2) is 4.99 Å². The van der Waals surface area contributed by atoms with Gasteiger partial charge in [-0.05, 0) is 30.1 Å². The molecule has 1 atom stereocenters. The van der Waals surface area contributed by atoms with E-state index >= 15 is 0 Å². The van der Waals surface area contributed by atoms with Crippen molar-refractivity contribution in [3.8, 4) is 0 Å². The summed E-state index contributed by atoms with van der Waals surface area (Å²) in [7, 11) is 1.71. The molecule has 0 amide bonds. The van der Waals surface area contributed by atoms with Crippen molar-refractivity contribution in [2.45, 2.75) is 33.4 Å². The maximum absolute atomic E-state index is 5.61. The second-order valence-corrected chi connectivity index (χ2v) is 8.00. The molecule has 1 fully saturated rings. The number of hydrogen-bond acceptors (Lipinski definition) is 4. The topological polar surface area (TPSA) is 36.9 Å². The van der Waals surface area contributed by atoms with E-state index in [0.717, 1.165) is 35.5 Å². The molecular formula is C18H27N3OS2. The maximum Gasteiger partial charge on any atom is 0.175 e. The highest BCUT2D eigenvalue weighted by Crippen LogP contribution is 2.31. The average Bonchev–Trinajstić information content (AvgIpc) is 2.56. The van der Waals surface area contributed by atoms with Crippen LogP contribution in [0, 0.1) is 5.41 Å². The van der Waals surface area contributed by atoms with Crippen LogP contribution < -0.4 is 5.32 Å². The number of nitrogens with one attached hydrogen (secondary N) is 1. The highest BCUT2D eigenvalue weighted by Gasteiger charge is 2.33. The number of benzene rings is 1. The summed E-state index contributed by atoms with van der Waals surface area (Å²) >= 11 is 7.31. The molecule has 1 unspecified atom stereocenters. The van der Waals surface area contributed by atoms with E-state index in [4.69, 9.17) is 21.9 Å². The molecule has 132 valence electrons. The number of thioether (sulfide) groups is 1. The minimum atomic E-state index is -0.206. The van der Waals surface area contributed by atoms with Gasteiger partial charge < -0.3 is 10.1 Å². The highest BCUT2D eigenvalue weighted by molar-refractivity contribution is 8.14. The van der Waals surface area contributed by atoms with Crippen molar-refractivity contribution in [2.24, 2.45) is 10.4 Å². The Balaban J connectivity index is 2.17. The zero-order valence-electron chi connectivity index (χ0n) is 14.9. The molecule has 0 spiro atoms. The van der Waals surface area contributed by atoms with Gasteiger partial charge in [-0.2, -0.15) is 0 Å². The minimum Gasteiger partial charge on any atom is -0.363 e. The lowest BCUT2D eigenvalue weighted by molar-refractivity contribution is 0.110. The fraction of sp³-hybridized carbons (Fsp3) is 0.556. The second-order valence-electron chi connectivity index (χ2n) is 6.67. The zero-order chi connectivity index (χ0) is 17.6. The second kappa shape index (κ2) is 8.83. The number of thiocarbonyl (C=S) groups is 1. The van der Waals surface area contributed by atoms with Gasteiger partial charge in [0.15, 0.2) is 16.5 Å². The first-order valence-electron chi connectivity index (χ1n) is 8.28. The van der Waals surface area contributed by atoms with E-state index in [-0.39, 0.29) is 11.6 Å².